The van der Waals surface area contributed by atoms with E-state index in [9.17, 15) is 9.59 Å². The van der Waals surface area contributed by atoms with Gasteiger partial charge in [0.15, 0.2) is 11.5 Å². The molecule has 2 aliphatic rings. The number of hydrogen-bond acceptors (Lipinski definition) is 5. The van der Waals surface area contributed by atoms with E-state index in [1.54, 1.807) is 22.3 Å². The van der Waals surface area contributed by atoms with Crippen molar-refractivity contribution in [2.75, 3.05) is 13.3 Å². The van der Waals surface area contributed by atoms with E-state index in [-0.39, 0.29) is 31.2 Å². The molecule has 0 saturated heterocycles. The van der Waals surface area contributed by atoms with E-state index in [2.05, 4.69) is 28.9 Å². The maximum absolute atomic E-state index is 13.6. The number of carbonyl (C=O) groups is 2. The molecule has 34 heavy (non-hydrogen) atoms. The van der Waals surface area contributed by atoms with E-state index in [0.717, 1.165) is 39.1 Å². The molecular weight excluding hydrogens is 516 g/mol. The molecule has 2 heterocycles. The first-order chi connectivity index (χ1) is 16.5. The summed E-state index contributed by atoms with van der Waals surface area (Å²) in [5.74, 6) is 1.24. The summed E-state index contributed by atoms with van der Waals surface area (Å²) in [6, 6.07) is 15.3. The fraction of sp³-hybridized carbons (Fsp3) is 0.308. The first-order valence-corrected chi connectivity index (χ1v) is 12.9. The lowest BCUT2D eigenvalue weighted by molar-refractivity contribution is -0.133. The fourth-order valence-corrected chi connectivity index (χ4v) is 5.34. The Kier molecular flexibility index (Phi) is 6.61. The molecule has 1 saturated carbocycles. The topological polar surface area (TPSA) is 59.1 Å². The van der Waals surface area contributed by atoms with Gasteiger partial charge >= 0.3 is 0 Å². The van der Waals surface area contributed by atoms with Crippen molar-refractivity contribution < 1.29 is 19.1 Å². The zero-order chi connectivity index (χ0) is 23.7. The second kappa shape index (κ2) is 9.80. The number of ether oxygens (including phenoxy) is 2. The summed E-state index contributed by atoms with van der Waals surface area (Å²) in [5.41, 5.74) is 2.71. The lowest BCUT2D eigenvalue weighted by atomic mass is 10.1. The second-order valence-corrected chi connectivity index (χ2v) is 10.6. The van der Waals surface area contributed by atoms with Gasteiger partial charge in [0.1, 0.15) is 6.54 Å². The lowest BCUT2D eigenvalue weighted by Gasteiger charge is -2.28. The number of fused-ring (bicyclic) bond motifs is 1. The molecule has 1 aliphatic carbocycles. The second-order valence-electron chi connectivity index (χ2n) is 8.64. The molecule has 2 aromatic carbocycles. The highest BCUT2D eigenvalue weighted by molar-refractivity contribution is 9.10. The number of rotatable bonds is 8. The molecule has 8 heteroatoms. The van der Waals surface area contributed by atoms with Crippen LogP contribution in [-0.4, -0.2) is 41.0 Å². The van der Waals surface area contributed by atoms with E-state index in [4.69, 9.17) is 9.47 Å². The molecule has 2 amide bonds. The Bertz CT molecular complexity index is 1220. The van der Waals surface area contributed by atoms with Crippen molar-refractivity contribution in [2.45, 2.75) is 38.9 Å². The fourth-order valence-electron chi connectivity index (χ4n) is 4.02. The minimum atomic E-state index is -0.104. The maximum Gasteiger partial charge on any atom is 0.254 e. The third-order valence-electron chi connectivity index (χ3n) is 6.09. The number of carbonyl (C=O) groups excluding carboxylic acids is 2. The van der Waals surface area contributed by atoms with Crippen molar-refractivity contribution in [3.63, 3.8) is 0 Å². The summed E-state index contributed by atoms with van der Waals surface area (Å²) in [4.78, 5) is 31.6. The third-order valence-corrected chi connectivity index (χ3v) is 7.59. The van der Waals surface area contributed by atoms with Crippen LogP contribution in [0, 0.1) is 6.92 Å². The molecule has 0 spiro atoms. The smallest absolute Gasteiger partial charge is 0.254 e. The minimum Gasteiger partial charge on any atom is -0.454 e. The number of amides is 2. The average molecular weight is 541 g/mol. The summed E-state index contributed by atoms with van der Waals surface area (Å²) < 4.78 is 11.8. The van der Waals surface area contributed by atoms with Crippen LogP contribution in [0.4, 0.5) is 0 Å². The monoisotopic (exact) mass is 540 g/mol. The Morgan fingerprint density at radius 2 is 1.88 bits per heavy atom. The van der Waals surface area contributed by atoms with E-state index in [1.807, 2.05) is 46.7 Å². The summed E-state index contributed by atoms with van der Waals surface area (Å²) in [7, 11) is 0. The van der Waals surface area contributed by atoms with E-state index < -0.39 is 0 Å². The average Bonchev–Trinajstić information content (AvgIpc) is 3.43. The van der Waals surface area contributed by atoms with Crippen LogP contribution in [-0.2, 0) is 17.9 Å². The number of thiophene rings is 1. The molecule has 1 fully saturated rings. The quantitative estimate of drug-likeness (QED) is 0.384. The Hall–Kier alpha value is -2.84. The standard InChI is InChI=1S/C26H25BrN2O4S/c1-17-9-10-34-24(17)14-28(13-18-5-8-22-23(11-18)33-16-32-22)25(30)15-29(21-6-7-21)26(31)19-3-2-4-20(27)12-19/h2-5,8-12,21H,6-7,13-16H2,1H3. The van der Waals surface area contributed by atoms with Crippen molar-refractivity contribution in [1.82, 2.24) is 9.80 Å². The van der Waals surface area contributed by atoms with Crippen LogP contribution >= 0.6 is 27.3 Å². The van der Waals surface area contributed by atoms with Gasteiger partial charge in [0.05, 0.1) is 6.54 Å². The van der Waals surface area contributed by atoms with Crippen molar-refractivity contribution in [3.05, 3.63) is 80.0 Å². The number of hydrogen-bond donors (Lipinski definition) is 0. The largest absolute Gasteiger partial charge is 0.454 e. The van der Waals surface area contributed by atoms with E-state index in [1.165, 1.54) is 0 Å². The van der Waals surface area contributed by atoms with Gasteiger partial charge in [-0.2, -0.15) is 0 Å². The Labute approximate surface area is 211 Å². The van der Waals surface area contributed by atoms with Crippen LogP contribution in [0.1, 0.15) is 39.2 Å². The van der Waals surface area contributed by atoms with Crippen molar-refractivity contribution in [1.29, 1.82) is 0 Å². The summed E-state index contributed by atoms with van der Waals surface area (Å²) in [6.45, 7) is 3.26. The van der Waals surface area contributed by atoms with Crippen LogP contribution < -0.4 is 9.47 Å². The molecule has 0 N–H and O–H groups in total. The molecule has 3 aromatic rings. The normalized spacial score (nSPS) is 14.2. The SMILES string of the molecule is Cc1ccsc1CN(Cc1ccc2c(c1)OCO2)C(=O)CN(C(=O)c1cccc(Br)c1)C1CC1. The molecule has 176 valence electrons. The van der Waals surface area contributed by atoms with Gasteiger partial charge in [-0.25, -0.2) is 0 Å². The maximum atomic E-state index is 13.6. The molecule has 0 radical (unpaired) electrons. The molecule has 1 aromatic heterocycles. The van der Waals surface area contributed by atoms with Gasteiger partial charge < -0.3 is 19.3 Å². The Balaban J connectivity index is 1.37. The van der Waals surface area contributed by atoms with E-state index >= 15 is 0 Å². The van der Waals surface area contributed by atoms with Gasteiger partial charge in [0.25, 0.3) is 5.91 Å². The number of benzene rings is 2. The summed E-state index contributed by atoms with van der Waals surface area (Å²) in [6.07, 6.45) is 1.86. The molecule has 5 rings (SSSR count). The highest BCUT2D eigenvalue weighted by atomic mass is 79.9. The van der Waals surface area contributed by atoms with Gasteiger partial charge in [-0.05, 0) is 72.7 Å². The summed E-state index contributed by atoms with van der Waals surface area (Å²) >= 11 is 5.08. The predicted molar refractivity (Wildman–Crippen MR) is 134 cm³/mol. The minimum absolute atomic E-state index is 0.0605. The first-order valence-electron chi connectivity index (χ1n) is 11.2. The van der Waals surface area contributed by atoms with Crippen LogP contribution in [0.5, 0.6) is 11.5 Å². The molecular formula is C26H25BrN2O4S. The molecule has 6 nitrogen and oxygen atoms in total. The lowest BCUT2D eigenvalue weighted by Crippen LogP contribution is -2.43. The molecule has 1 aliphatic heterocycles. The van der Waals surface area contributed by atoms with Gasteiger partial charge in [0, 0.05) is 27.5 Å². The van der Waals surface area contributed by atoms with E-state index in [0.29, 0.717) is 24.4 Å². The van der Waals surface area contributed by atoms with Gasteiger partial charge in [0.2, 0.25) is 12.7 Å². The van der Waals surface area contributed by atoms with Gasteiger partial charge in [-0.3, -0.25) is 9.59 Å². The number of aryl methyl sites for hydroxylation is 1. The van der Waals surface area contributed by atoms with Crippen molar-refractivity contribution in [2.24, 2.45) is 0 Å². The molecule has 0 atom stereocenters. The highest BCUT2D eigenvalue weighted by Crippen LogP contribution is 2.33. The number of halogens is 1. The van der Waals surface area contributed by atoms with Gasteiger partial charge in [-0.1, -0.05) is 28.1 Å². The number of nitrogens with zero attached hydrogens (tertiary/aromatic N) is 2. The molecule has 0 unspecified atom stereocenters. The highest BCUT2D eigenvalue weighted by Gasteiger charge is 2.35. The zero-order valence-electron chi connectivity index (χ0n) is 18.8. The van der Waals surface area contributed by atoms with Crippen molar-refractivity contribution >= 4 is 39.1 Å². The zero-order valence-corrected chi connectivity index (χ0v) is 21.2. The first kappa shape index (κ1) is 22.9. The third kappa shape index (κ3) is 5.13. The van der Waals surface area contributed by atoms with Crippen LogP contribution in [0.3, 0.4) is 0 Å². The van der Waals surface area contributed by atoms with Crippen LogP contribution in [0.15, 0.2) is 58.4 Å². The summed E-state index contributed by atoms with van der Waals surface area (Å²) in [5, 5.41) is 2.04. The van der Waals surface area contributed by atoms with Crippen molar-refractivity contribution in [3.8, 4) is 11.5 Å². The predicted octanol–water partition coefficient (Wildman–Crippen LogP) is 5.38. The van der Waals surface area contributed by atoms with Crippen LogP contribution in [0.2, 0.25) is 0 Å². The Morgan fingerprint density at radius 1 is 1.06 bits per heavy atom. The van der Waals surface area contributed by atoms with Gasteiger partial charge in [-0.15, -0.1) is 11.3 Å². The van der Waals surface area contributed by atoms with Crippen LogP contribution in [0.25, 0.3) is 0 Å². The molecule has 0 bridgehead atoms. The Morgan fingerprint density at radius 3 is 2.62 bits per heavy atom.